The van der Waals surface area contributed by atoms with Crippen molar-refractivity contribution in [2.45, 2.75) is 84.8 Å². The molecule has 1 aliphatic carbocycles. The molecule has 108 valence electrons. The van der Waals surface area contributed by atoms with Gasteiger partial charge >= 0.3 is 0 Å². The van der Waals surface area contributed by atoms with Crippen LogP contribution in [0, 0.1) is 11.3 Å². The number of rotatable bonds is 6. The summed E-state index contributed by atoms with van der Waals surface area (Å²) in [4.78, 5) is 0. The van der Waals surface area contributed by atoms with Gasteiger partial charge < -0.3 is 9.84 Å². The van der Waals surface area contributed by atoms with E-state index >= 15 is 0 Å². The van der Waals surface area contributed by atoms with Crippen molar-refractivity contribution in [3.05, 3.63) is 0 Å². The molecule has 0 amide bonds. The molecule has 1 fully saturated rings. The Bertz CT molecular complexity index is 220. The summed E-state index contributed by atoms with van der Waals surface area (Å²) in [6, 6.07) is 0. The number of hydrogen-bond acceptors (Lipinski definition) is 2. The van der Waals surface area contributed by atoms with Gasteiger partial charge in [-0.25, -0.2) is 0 Å². The Labute approximate surface area is 113 Å². The first-order valence-electron chi connectivity index (χ1n) is 7.74. The predicted molar refractivity (Wildman–Crippen MR) is 76.7 cm³/mol. The highest BCUT2D eigenvalue weighted by atomic mass is 16.5. The molecule has 0 bridgehead atoms. The minimum Gasteiger partial charge on any atom is -0.390 e. The Kier molecular flexibility index (Phi) is 6.65. The lowest BCUT2D eigenvalue weighted by atomic mass is 9.71. The van der Waals surface area contributed by atoms with E-state index in [1.54, 1.807) is 0 Å². The van der Waals surface area contributed by atoms with E-state index in [2.05, 4.69) is 27.7 Å². The van der Waals surface area contributed by atoms with Gasteiger partial charge in [0, 0.05) is 6.61 Å². The van der Waals surface area contributed by atoms with E-state index < -0.39 is 0 Å². The molecule has 1 saturated carbocycles. The second-order valence-electron chi connectivity index (χ2n) is 6.91. The largest absolute Gasteiger partial charge is 0.390 e. The first kappa shape index (κ1) is 16.0. The quantitative estimate of drug-likeness (QED) is 0.723. The number of hydrogen-bond donors (Lipinski definition) is 1. The third-order valence-electron chi connectivity index (χ3n) is 4.31. The van der Waals surface area contributed by atoms with Crippen molar-refractivity contribution in [2.75, 3.05) is 6.61 Å². The molecule has 0 aromatic rings. The smallest absolute Gasteiger partial charge is 0.0836 e. The van der Waals surface area contributed by atoms with Gasteiger partial charge in [0.05, 0.1) is 12.2 Å². The van der Waals surface area contributed by atoms with Gasteiger partial charge in [0.25, 0.3) is 0 Å². The lowest BCUT2D eigenvalue weighted by Crippen LogP contribution is -2.40. The number of aliphatic hydroxyl groups excluding tert-OH is 1. The Morgan fingerprint density at radius 1 is 1.11 bits per heavy atom. The van der Waals surface area contributed by atoms with E-state index in [1.807, 2.05) is 0 Å². The van der Waals surface area contributed by atoms with Gasteiger partial charge in [-0.3, -0.25) is 0 Å². The fourth-order valence-corrected chi connectivity index (χ4v) is 2.84. The van der Waals surface area contributed by atoms with E-state index in [-0.39, 0.29) is 12.2 Å². The van der Waals surface area contributed by atoms with Crippen LogP contribution in [0.5, 0.6) is 0 Å². The average molecular weight is 256 g/mol. The van der Waals surface area contributed by atoms with Gasteiger partial charge in [-0.15, -0.1) is 0 Å². The number of ether oxygens (including phenoxy) is 1. The molecule has 2 nitrogen and oxygen atoms in total. The fraction of sp³-hybridized carbons (Fsp3) is 1.00. The van der Waals surface area contributed by atoms with Crippen LogP contribution >= 0.6 is 0 Å². The highest BCUT2D eigenvalue weighted by Crippen LogP contribution is 2.38. The molecule has 2 heteroatoms. The van der Waals surface area contributed by atoms with E-state index in [0.29, 0.717) is 11.3 Å². The van der Waals surface area contributed by atoms with Crippen molar-refractivity contribution in [3.63, 3.8) is 0 Å². The van der Waals surface area contributed by atoms with E-state index in [0.717, 1.165) is 32.3 Å². The van der Waals surface area contributed by atoms with Gasteiger partial charge in [-0.05, 0) is 37.0 Å². The maximum absolute atomic E-state index is 10.0. The Balaban J connectivity index is 2.29. The highest BCUT2D eigenvalue weighted by Gasteiger charge is 2.35. The molecule has 0 aromatic heterocycles. The van der Waals surface area contributed by atoms with Crippen molar-refractivity contribution < 1.29 is 9.84 Å². The molecule has 0 heterocycles. The lowest BCUT2D eigenvalue weighted by molar-refractivity contribution is -0.0844. The maximum atomic E-state index is 10.0. The van der Waals surface area contributed by atoms with Crippen LogP contribution in [0.1, 0.15) is 72.6 Å². The number of aliphatic hydroxyl groups is 1. The van der Waals surface area contributed by atoms with Crippen LogP contribution in [0.25, 0.3) is 0 Å². The summed E-state index contributed by atoms with van der Waals surface area (Å²) < 4.78 is 5.92. The first-order valence-corrected chi connectivity index (χ1v) is 7.74. The molecule has 0 saturated heterocycles. The van der Waals surface area contributed by atoms with Gasteiger partial charge in [0.1, 0.15) is 0 Å². The molecule has 18 heavy (non-hydrogen) atoms. The molecule has 1 aliphatic rings. The van der Waals surface area contributed by atoms with E-state index in [1.165, 1.54) is 19.3 Å². The summed E-state index contributed by atoms with van der Waals surface area (Å²) in [6.45, 7) is 9.94. The molecular weight excluding hydrogens is 224 g/mol. The van der Waals surface area contributed by atoms with E-state index in [9.17, 15) is 5.11 Å². The summed E-state index contributed by atoms with van der Waals surface area (Å²) in [7, 11) is 0. The summed E-state index contributed by atoms with van der Waals surface area (Å²) in [6.07, 6.45) is 7.85. The zero-order chi connectivity index (χ0) is 13.6. The molecule has 1 rings (SSSR count). The monoisotopic (exact) mass is 256 g/mol. The molecule has 1 N–H and O–H groups in total. The summed E-state index contributed by atoms with van der Waals surface area (Å²) in [5.41, 5.74) is 0.337. The van der Waals surface area contributed by atoms with Crippen molar-refractivity contribution >= 4 is 0 Å². The van der Waals surface area contributed by atoms with E-state index in [4.69, 9.17) is 4.74 Å². The Morgan fingerprint density at radius 3 is 2.44 bits per heavy atom. The van der Waals surface area contributed by atoms with Crippen LogP contribution < -0.4 is 0 Å². The van der Waals surface area contributed by atoms with Gasteiger partial charge in [0.15, 0.2) is 0 Å². The third kappa shape index (κ3) is 5.27. The molecule has 3 atom stereocenters. The zero-order valence-electron chi connectivity index (χ0n) is 12.7. The summed E-state index contributed by atoms with van der Waals surface area (Å²) >= 11 is 0. The summed E-state index contributed by atoms with van der Waals surface area (Å²) in [5.74, 6) is 0.682. The van der Waals surface area contributed by atoms with Crippen LogP contribution in [0.2, 0.25) is 0 Å². The minimum absolute atomic E-state index is 0.0737. The van der Waals surface area contributed by atoms with Crippen molar-refractivity contribution in [1.29, 1.82) is 0 Å². The SMILES string of the molecule is CCCCCCOC1CC(C(C)(C)C)CCC1O. The third-order valence-corrected chi connectivity index (χ3v) is 4.31. The van der Waals surface area contributed by atoms with Gasteiger partial charge in [-0.2, -0.15) is 0 Å². The molecule has 3 unspecified atom stereocenters. The topological polar surface area (TPSA) is 29.5 Å². The molecule has 0 spiro atoms. The fourth-order valence-electron chi connectivity index (χ4n) is 2.84. The molecular formula is C16H32O2. The Morgan fingerprint density at radius 2 is 1.83 bits per heavy atom. The summed E-state index contributed by atoms with van der Waals surface area (Å²) in [5, 5.41) is 10.0. The van der Waals surface area contributed by atoms with Crippen molar-refractivity contribution in [2.24, 2.45) is 11.3 Å². The van der Waals surface area contributed by atoms with Crippen LogP contribution in [0.3, 0.4) is 0 Å². The maximum Gasteiger partial charge on any atom is 0.0836 e. The number of unbranched alkanes of at least 4 members (excludes halogenated alkanes) is 3. The molecule has 0 aromatic carbocycles. The lowest BCUT2D eigenvalue weighted by Gasteiger charge is -2.39. The van der Waals surface area contributed by atoms with Crippen LogP contribution in [0.4, 0.5) is 0 Å². The minimum atomic E-state index is -0.241. The Hall–Kier alpha value is -0.0800. The average Bonchev–Trinajstić information content (AvgIpc) is 2.29. The standard InChI is InChI=1S/C16H32O2/c1-5-6-7-8-11-18-15-12-13(16(2,3)4)9-10-14(15)17/h13-15,17H,5-12H2,1-4H3. The normalized spacial score (nSPS) is 29.5. The highest BCUT2D eigenvalue weighted by molar-refractivity contribution is 4.86. The van der Waals surface area contributed by atoms with Crippen molar-refractivity contribution in [3.8, 4) is 0 Å². The zero-order valence-corrected chi connectivity index (χ0v) is 12.7. The second kappa shape index (κ2) is 7.49. The first-order chi connectivity index (χ1) is 8.45. The molecule has 0 aliphatic heterocycles. The van der Waals surface area contributed by atoms with Gasteiger partial charge in [-0.1, -0.05) is 47.0 Å². The van der Waals surface area contributed by atoms with Gasteiger partial charge in [0.2, 0.25) is 0 Å². The predicted octanol–water partition coefficient (Wildman–Crippen LogP) is 4.16. The second-order valence-corrected chi connectivity index (χ2v) is 6.91. The van der Waals surface area contributed by atoms with Crippen LogP contribution in [-0.2, 0) is 4.74 Å². The van der Waals surface area contributed by atoms with Crippen LogP contribution in [0.15, 0.2) is 0 Å². The van der Waals surface area contributed by atoms with Crippen molar-refractivity contribution in [1.82, 2.24) is 0 Å². The molecule has 0 radical (unpaired) electrons. The van der Waals surface area contributed by atoms with Crippen LogP contribution in [-0.4, -0.2) is 23.9 Å².